The predicted octanol–water partition coefficient (Wildman–Crippen LogP) is -0.155. The zero-order valence-corrected chi connectivity index (χ0v) is 18.1. The molecule has 0 unspecified atom stereocenters. The average molecular weight is 468 g/mol. The van der Waals surface area contributed by atoms with Gasteiger partial charge in [-0.1, -0.05) is 11.8 Å². The first-order valence-electron chi connectivity index (χ1n) is 9.63. The van der Waals surface area contributed by atoms with Crippen LogP contribution in [0.15, 0.2) is 37.8 Å². The van der Waals surface area contributed by atoms with Gasteiger partial charge in [-0.2, -0.15) is 4.31 Å². The van der Waals surface area contributed by atoms with Crippen molar-refractivity contribution in [2.24, 2.45) is 0 Å². The van der Waals surface area contributed by atoms with Gasteiger partial charge >= 0.3 is 5.69 Å². The van der Waals surface area contributed by atoms with E-state index < -0.39 is 27.1 Å². The Bertz CT molecular complexity index is 1210. The molecule has 2 aromatic rings. The van der Waals surface area contributed by atoms with Gasteiger partial charge in [-0.15, -0.1) is 0 Å². The van der Waals surface area contributed by atoms with Gasteiger partial charge < -0.3 is 10.5 Å². The molecule has 1 aliphatic carbocycles. The van der Waals surface area contributed by atoms with Crippen LogP contribution >= 0.6 is 11.8 Å². The molecule has 1 saturated heterocycles. The summed E-state index contributed by atoms with van der Waals surface area (Å²) in [5.41, 5.74) is 4.27. The van der Waals surface area contributed by atoms with E-state index in [0.29, 0.717) is 18.2 Å². The number of carbonyl (C=O) groups is 1. The monoisotopic (exact) mass is 467 g/mol. The summed E-state index contributed by atoms with van der Waals surface area (Å²) in [6.07, 6.45) is 2.77. The number of Topliss-reactive ketones (excluding diaryl/α,β-unsaturated/α-hetero) is 1. The quantitative estimate of drug-likeness (QED) is 0.417. The number of nitrogen functional groups attached to an aromatic ring is 1. The van der Waals surface area contributed by atoms with Crippen LogP contribution in [0.1, 0.15) is 29.2 Å². The van der Waals surface area contributed by atoms with Crippen molar-refractivity contribution >= 4 is 33.4 Å². The fraction of sp³-hybridized carbons (Fsp3) is 0.444. The van der Waals surface area contributed by atoms with Crippen LogP contribution in [0.2, 0.25) is 0 Å². The number of aromatic amines is 1. The maximum Gasteiger partial charge on any atom is 0.330 e. The van der Waals surface area contributed by atoms with Crippen LogP contribution in [0.5, 0.6) is 0 Å². The molecule has 0 bridgehead atoms. The lowest BCUT2D eigenvalue weighted by molar-refractivity contribution is 0.0730. The van der Waals surface area contributed by atoms with Crippen LogP contribution in [-0.2, 0) is 14.8 Å². The number of nitrogens with zero attached hydrogens (tertiary/aromatic N) is 3. The van der Waals surface area contributed by atoms with E-state index in [-0.39, 0.29) is 41.2 Å². The Morgan fingerprint density at radius 2 is 1.97 bits per heavy atom. The van der Waals surface area contributed by atoms with Crippen molar-refractivity contribution < 1.29 is 17.9 Å². The smallest absolute Gasteiger partial charge is 0.330 e. The van der Waals surface area contributed by atoms with Crippen LogP contribution < -0.4 is 17.0 Å². The maximum absolute atomic E-state index is 12.6. The molecule has 4 rings (SSSR count). The first-order valence-corrected chi connectivity index (χ1v) is 12.1. The van der Waals surface area contributed by atoms with Gasteiger partial charge in [0, 0.05) is 25.3 Å². The summed E-state index contributed by atoms with van der Waals surface area (Å²) >= 11 is 1.04. The molecule has 0 spiro atoms. The van der Waals surface area contributed by atoms with Crippen molar-refractivity contribution in [3.63, 3.8) is 0 Å². The SMILES string of the molecule is Nc1c(C(=O)CSc2ccc(S(=O)(=O)N3CCOCC3)cn2)c(=O)[nH]c(=O)n1C1CC1. The Morgan fingerprint density at radius 1 is 1.26 bits per heavy atom. The van der Waals surface area contributed by atoms with Gasteiger partial charge in [0.1, 0.15) is 16.3 Å². The van der Waals surface area contributed by atoms with E-state index >= 15 is 0 Å². The molecule has 0 aromatic carbocycles. The summed E-state index contributed by atoms with van der Waals surface area (Å²) in [6.45, 7) is 1.26. The third-order valence-electron chi connectivity index (χ3n) is 5.04. The second kappa shape index (κ2) is 8.57. The van der Waals surface area contributed by atoms with Crippen LogP contribution in [0.4, 0.5) is 5.82 Å². The van der Waals surface area contributed by atoms with E-state index in [2.05, 4.69) is 9.97 Å². The molecule has 166 valence electrons. The summed E-state index contributed by atoms with van der Waals surface area (Å²) < 4.78 is 33.0. The number of ether oxygens (including phenoxy) is 1. The second-order valence-corrected chi connectivity index (χ2v) is 10.1. The molecule has 2 fully saturated rings. The lowest BCUT2D eigenvalue weighted by Crippen LogP contribution is -2.40. The fourth-order valence-electron chi connectivity index (χ4n) is 3.28. The number of morpholine rings is 1. The van der Waals surface area contributed by atoms with Crippen molar-refractivity contribution in [2.45, 2.75) is 28.8 Å². The Hall–Kier alpha value is -2.48. The Labute approximate surface area is 181 Å². The molecule has 0 radical (unpaired) electrons. The Morgan fingerprint density at radius 3 is 2.58 bits per heavy atom. The van der Waals surface area contributed by atoms with Gasteiger partial charge in [-0.3, -0.25) is 19.1 Å². The number of hydrogen-bond acceptors (Lipinski definition) is 9. The number of anilines is 1. The number of rotatable bonds is 7. The van der Waals surface area contributed by atoms with Crippen LogP contribution in [-0.4, -0.2) is 65.1 Å². The summed E-state index contributed by atoms with van der Waals surface area (Å²) in [6, 6.07) is 2.84. The minimum absolute atomic E-state index is 0.0577. The molecule has 11 nitrogen and oxygen atoms in total. The summed E-state index contributed by atoms with van der Waals surface area (Å²) in [4.78, 5) is 43.1. The molecule has 0 atom stereocenters. The predicted molar refractivity (Wildman–Crippen MR) is 113 cm³/mol. The van der Waals surface area contributed by atoms with E-state index in [9.17, 15) is 22.8 Å². The van der Waals surface area contributed by atoms with Gasteiger partial charge in [-0.05, 0) is 25.0 Å². The summed E-state index contributed by atoms with van der Waals surface area (Å²) in [5, 5.41) is 0.416. The third kappa shape index (κ3) is 4.44. The van der Waals surface area contributed by atoms with Crippen LogP contribution in [0.3, 0.4) is 0 Å². The van der Waals surface area contributed by atoms with Crippen molar-refractivity contribution in [1.29, 1.82) is 0 Å². The molecule has 2 aromatic heterocycles. The molecule has 2 aliphatic rings. The molecule has 3 heterocycles. The summed E-state index contributed by atoms with van der Waals surface area (Å²) in [5.74, 6) is -0.801. The van der Waals surface area contributed by atoms with Gasteiger partial charge in [0.05, 0.1) is 24.0 Å². The van der Waals surface area contributed by atoms with Crippen LogP contribution in [0.25, 0.3) is 0 Å². The lowest BCUT2D eigenvalue weighted by Gasteiger charge is -2.25. The second-order valence-electron chi connectivity index (χ2n) is 7.18. The lowest BCUT2D eigenvalue weighted by atomic mass is 10.2. The number of aromatic nitrogens is 3. The minimum atomic E-state index is -3.66. The number of thioether (sulfide) groups is 1. The standard InChI is InChI=1S/C18H21N5O6S2/c19-16-15(17(25)21-18(26)23(16)11-1-2-11)13(24)10-30-14-4-3-12(9-20-14)31(27,28)22-5-7-29-8-6-22/h3-4,9,11H,1-2,5-8,10,19H2,(H,21,25,26). The highest BCUT2D eigenvalue weighted by Gasteiger charge is 2.30. The van der Waals surface area contributed by atoms with Crippen molar-refractivity contribution in [1.82, 2.24) is 18.8 Å². The van der Waals surface area contributed by atoms with Crippen molar-refractivity contribution in [3.8, 4) is 0 Å². The zero-order valence-electron chi connectivity index (χ0n) is 16.4. The van der Waals surface area contributed by atoms with E-state index in [1.807, 2.05) is 0 Å². The van der Waals surface area contributed by atoms with E-state index in [4.69, 9.17) is 10.5 Å². The summed E-state index contributed by atoms with van der Waals surface area (Å²) in [7, 11) is -3.66. The highest BCUT2D eigenvalue weighted by Crippen LogP contribution is 2.35. The van der Waals surface area contributed by atoms with Gasteiger partial charge in [0.15, 0.2) is 5.78 Å². The van der Waals surface area contributed by atoms with Crippen molar-refractivity contribution in [3.05, 3.63) is 44.7 Å². The highest BCUT2D eigenvalue weighted by atomic mass is 32.2. The fourth-order valence-corrected chi connectivity index (χ4v) is 5.35. The van der Waals surface area contributed by atoms with Gasteiger partial charge in [0.2, 0.25) is 10.0 Å². The molecule has 31 heavy (non-hydrogen) atoms. The van der Waals surface area contributed by atoms with Gasteiger partial charge in [-0.25, -0.2) is 18.2 Å². The number of hydrogen-bond donors (Lipinski definition) is 2. The topological polar surface area (TPSA) is 157 Å². The molecule has 1 saturated carbocycles. The Kier molecular flexibility index (Phi) is 6.01. The van der Waals surface area contributed by atoms with E-state index in [1.165, 1.54) is 27.2 Å². The largest absolute Gasteiger partial charge is 0.384 e. The first-order chi connectivity index (χ1) is 14.8. The van der Waals surface area contributed by atoms with E-state index in [1.54, 1.807) is 0 Å². The number of nitrogens with one attached hydrogen (secondary N) is 1. The number of H-pyrrole nitrogens is 1. The number of sulfonamides is 1. The van der Waals surface area contributed by atoms with E-state index in [0.717, 1.165) is 24.6 Å². The normalized spacial score (nSPS) is 17.5. The van der Waals surface area contributed by atoms with Crippen LogP contribution in [0, 0.1) is 0 Å². The number of pyridine rings is 1. The highest BCUT2D eigenvalue weighted by molar-refractivity contribution is 7.99. The average Bonchev–Trinajstić information content (AvgIpc) is 3.58. The Balaban J connectivity index is 1.47. The van der Waals surface area contributed by atoms with Crippen molar-refractivity contribution in [2.75, 3.05) is 37.8 Å². The number of ketones is 1. The van der Waals surface area contributed by atoms with Gasteiger partial charge in [0.25, 0.3) is 5.56 Å². The zero-order chi connectivity index (χ0) is 22.2. The molecule has 0 amide bonds. The maximum atomic E-state index is 12.6. The first kappa shape index (κ1) is 21.7. The molecule has 13 heteroatoms. The third-order valence-corrected chi connectivity index (χ3v) is 7.87. The minimum Gasteiger partial charge on any atom is -0.384 e. The molecule has 3 N–H and O–H groups in total. The number of nitrogens with two attached hydrogens (primary N) is 1. The molecule has 1 aliphatic heterocycles. The number of carbonyl (C=O) groups excluding carboxylic acids is 1. The molecular weight excluding hydrogens is 446 g/mol. The molecular formula is C18H21N5O6S2.